The van der Waals surface area contributed by atoms with Gasteiger partial charge in [0, 0.05) is 68.9 Å². The quantitative estimate of drug-likeness (QED) is 0.646. The standard InChI is InChI=1S/C29H40FN5O2/c1-20-15-34(24(14-31-20)16-33-9-10-37-18-21(33)2)17-27(36)35-19-29(3,4)28-26(35)12-22(13-32-28)11-23-7-5-6-8-25(23)30/h5-8,12-13,20-21,24,31H,9-11,14-19H2,1-4H3/t20-,21?,24-/m1/s1. The average Bonchev–Trinajstić information content (AvgIpc) is 3.14. The SMILES string of the molecule is CC1COCCN1C[C@H]1CN[C@H](C)CN1CC(=O)N1CC(C)(C)c2ncc(Cc3ccccc3F)cc21. The molecule has 1 aromatic carbocycles. The molecule has 5 rings (SSSR count). The number of hydrogen-bond acceptors (Lipinski definition) is 6. The summed E-state index contributed by atoms with van der Waals surface area (Å²) in [6, 6.07) is 9.86. The van der Waals surface area contributed by atoms with Crippen LogP contribution in [0.2, 0.25) is 0 Å². The maximum atomic E-state index is 14.3. The molecule has 1 aromatic heterocycles. The Morgan fingerprint density at radius 1 is 1.24 bits per heavy atom. The first-order chi connectivity index (χ1) is 17.7. The molecule has 1 unspecified atom stereocenters. The fraction of sp³-hybridized carbons (Fsp3) is 0.586. The average molecular weight is 510 g/mol. The van der Waals surface area contributed by atoms with Crippen LogP contribution in [0.5, 0.6) is 0 Å². The molecule has 8 heteroatoms. The molecular weight excluding hydrogens is 469 g/mol. The van der Waals surface area contributed by atoms with Gasteiger partial charge in [-0.25, -0.2) is 4.39 Å². The molecule has 37 heavy (non-hydrogen) atoms. The summed E-state index contributed by atoms with van der Waals surface area (Å²) < 4.78 is 19.9. The predicted molar refractivity (Wildman–Crippen MR) is 144 cm³/mol. The molecule has 2 saturated heterocycles. The molecule has 200 valence electrons. The summed E-state index contributed by atoms with van der Waals surface area (Å²) in [7, 11) is 0. The van der Waals surface area contributed by atoms with E-state index in [-0.39, 0.29) is 23.2 Å². The lowest BCUT2D eigenvalue weighted by molar-refractivity contribution is -0.121. The highest BCUT2D eigenvalue weighted by molar-refractivity contribution is 5.97. The highest BCUT2D eigenvalue weighted by atomic mass is 19.1. The number of fused-ring (bicyclic) bond motifs is 1. The fourth-order valence-corrected chi connectivity index (χ4v) is 5.93. The molecule has 0 radical (unpaired) electrons. The molecule has 0 aliphatic carbocycles. The Bertz CT molecular complexity index is 1130. The Morgan fingerprint density at radius 3 is 2.84 bits per heavy atom. The lowest BCUT2D eigenvalue weighted by atomic mass is 9.91. The van der Waals surface area contributed by atoms with Crippen LogP contribution in [-0.4, -0.2) is 91.3 Å². The number of halogens is 1. The number of nitrogens with zero attached hydrogens (tertiary/aromatic N) is 4. The molecule has 0 spiro atoms. The van der Waals surface area contributed by atoms with Crippen molar-refractivity contribution in [1.82, 2.24) is 20.1 Å². The topological polar surface area (TPSA) is 60.9 Å². The maximum Gasteiger partial charge on any atom is 0.241 e. The van der Waals surface area contributed by atoms with Crippen molar-refractivity contribution in [1.29, 1.82) is 0 Å². The van der Waals surface area contributed by atoms with E-state index in [0.29, 0.717) is 37.2 Å². The lowest BCUT2D eigenvalue weighted by Crippen LogP contribution is -2.62. The Hall–Kier alpha value is -2.39. The van der Waals surface area contributed by atoms with Gasteiger partial charge in [-0.3, -0.25) is 19.6 Å². The second-order valence-corrected chi connectivity index (χ2v) is 11.7. The number of amides is 1. The van der Waals surface area contributed by atoms with Gasteiger partial charge in [-0.05, 0) is 37.1 Å². The van der Waals surface area contributed by atoms with Crippen molar-refractivity contribution in [3.63, 3.8) is 0 Å². The fourth-order valence-electron chi connectivity index (χ4n) is 5.93. The van der Waals surface area contributed by atoms with E-state index in [1.54, 1.807) is 12.1 Å². The zero-order valence-corrected chi connectivity index (χ0v) is 22.5. The van der Waals surface area contributed by atoms with Gasteiger partial charge in [-0.2, -0.15) is 0 Å². The van der Waals surface area contributed by atoms with E-state index in [1.165, 1.54) is 6.07 Å². The molecule has 2 fully saturated rings. The minimum Gasteiger partial charge on any atom is -0.379 e. The number of benzene rings is 1. The van der Waals surface area contributed by atoms with Gasteiger partial charge >= 0.3 is 0 Å². The Kier molecular flexibility index (Phi) is 7.63. The molecule has 2 aromatic rings. The van der Waals surface area contributed by atoms with E-state index < -0.39 is 0 Å². The van der Waals surface area contributed by atoms with Gasteiger partial charge in [0.05, 0.1) is 31.1 Å². The van der Waals surface area contributed by atoms with Crippen molar-refractivity contribution in [2.24, 2.45) is 0 Å². The minimum absolute atomic E-state index is 0.103. The van der Waals surface area contributed by atoms with E-state index in [0.717, 1.165) is 56.3 Å². The second kappa shape index (κ2) is 10.8. The first kappa shape index (κ1) is 26.2. The zero-order chi connectivity index (χ0) is 26.2. The Labute approximate surface area is 220 Å². The number of ether oxygens (including phenoxy) is 1. The van der Waals surface area contributed by atoms with Crippen molar-refractivity contribution in [3.05, 3.63) is 59.2 Å². The maximum absolute atomic E-state index is 14.3. The lowest BCUT2D eigenvalue weighted by Gasteiger charge is -2.43. The van der Waals surface area contributed by atoms with E-state index >= 15 is 0 Å². The number of nitrogens with one attached hydrogen (secondary N) is 1. The largest absolute Gasteiger partial charge is 0.379 e. The zero-order valence-electron chi connectivity index (χ0n) is 22.5. The minimum atomic E-state index is -0.235. The van der Waals surface area contributed by atoms with E-state index in [4.69, 9.17) is 9.72 Å². The van der Waals surface area contributed by atoms with Crippen LogP contribution < -0.4 is 10.2 Å². The smallest absolute Gasteiger partial charge is 0.241 e. The van der Waals surface area contributed by atoms with Crippen molar-refractivity contribution < 1.29 is 13.9 Å². The second-order valence-electron chi connectivity index (χ2n) is 11.7. The third kappa shape index (κ3) is 5.72. The monoisotopic (exact) mass is 509 g/mol. The number of anilines is 1. The summed E-state index contributed by atoms with van der Waals surface area (Å²) in [5.74, 6) is -0.115. The van der Waals surface area contributed by atoms with Crippen molar-refractivity contribution in [2.45, 2.75) is 57.7 Å². The summed E-state index contributed by atoms with van der Waals surface area (Å²) >= 11 is 0. The normalized spacial score (nSPS) is 26.3. The Morgan fingerprint density at radius 2 is 2.05 bits per heavy atom. The summed E-state index contributed by atoms with van der Waals surface area (Å²) in [5.41, 5.74) is 3.11. The molecule has 3 aliphatic rings. The van der Waals surface area contributed by atoms with Crippen LogP contribution in [0.4, 0.5) is 10.1 Å². The van der Waals surface area contributed by atoms with Gasteiger partial charge in [-0.15, -0.1) is 0 Å². The number of carbonyl (C=O) groups excluding carboxylic acids is 1. The van der Waals surface area contributed by atoms with E-state index in [2.05, 4.69) is 42.8 Å². The number of morpholine rings is 1. The highest BCUT2D eigenvalue weighted by Crippen LogP contribution is 2.40. The molecule has 3 aliphatic heterocycles. The summed E-state index contributed by atoms with van der Waals surface area (Å²) in [6.45, 7) is 14.7. The highest BCUT2D eigenvalue weighted by Gasteiger charge is 2.41. The van der Waals surface area contributed by atoms with Gasteiger partial charge in [0.1, 0.15) is 5.82 Å². The van der Waals surface area contributed by atoms with Gasteiger partial charge in [0.15, 0.2) is 0 Å². The van der Waals surface area contributed by atoms with Gasteiger partial charge in [0.2, 0.25) is 5.91 Å². The van der Waals surface area contributed by atoms with Crippen molar-refractivity contribution in [3.8, 4) is 0 Å². The van der Waals surface area contributed by atoms with E-state index in [1.807, 2.05) is 23.2 Å². The molecular formula is C29H40FN5O2. The number of piperazine rings is 1. The van der Waals surface area contributed by atoms with Gasteiger partial charge in [0.25, 0.3) is 0 Å². The first-order valence-electron chi connectivity index (χ1n) is 13.5. The summed E-state index contributed by atoms with van der Waals surface area (Å²) in [4.78, 5) is 25.4. The number of pyridine rings is 1. The van der Waals surface area contributed by atoms with Crippen molar-refractivity contribution >= 4 is 11.6 Å². The van der Waals surface area contributed by atoms with Crippen molar-refractivity contribution in [2.75, 3.05) is 57.4 Å². The van der Waals surface area contributed by atoms with Crippen LogP contribution in [0.3, 0.4) is 0 Å². The molecule has 1 amide bonds. The van der Waals surface area contributed by atoms with Gasteiger partial charge < -0.3 is 15.0 Å². The Balaban J connectivity index is 1.34. The molecule has 1 N–H and O–H groups in total. The summed E-state index contributed by atoms with van der Waals surface area (Å²) in [6.07, 6.45) is 2.28. The third-order valence-corrected chi connectivity index (χ3v) is 8.08. The van der Waals surface area contributed by atoms with Gasteiger partial charge in [-0.1, -0.05) is 32.0 Å². The van der Waals surface area contributed by atoms with Crippen LogP contribution in [0, 0.1) is 5.82 Å². The van der Waals surface area contributed by atoms with Crippen LogP contribution >= 0.6 is 0 Å². The van der Waals surface area contributed by atoms with E-state index in [9.17, 15) is 9.18 Å². The third-order valence-electron chi connectivity index (χ3n) is 8.08. The van der Waals surface area contributed by atoms with Crippen LogP contribution in [-0.2, 0) is 21.4 Å². The number of aromatic nitrogens is 1. The molecule has 0 bridgehead atoms. The predicted octanol–water partition coefficient (Wildman–Crippen LogP) is 2.82. The summed E-state index contributed by atoms with van der Waals surface area (Å²) in [5, 5.41) is 3.61. The van der Waals surface area contributed by atoms with Crippen LogP contribution in [0.25, 0.3) is 0 Å². The van der Waals surface area contributed by atoms with Crippen LogP contribution in [0.1, 0.15) is 44.5 Å². The number of carbonyl (C=O) groups is 1. The molecule has 3 atom stereocenters. The first-order valence-corrected chi connectivity index (χ1v) is 13.5. The number of rotatable bonds is 6. The molecule has 7 nitrogen and oxygen atoms in total. The van der Waals surface area contributed by atoms with Crippen LogP contribution in [0.15, 0.2) is 36.5 Å². The number of hydrogen-bond donors (Lipinski definition) is 1. The molecule has 4 heterocycles. The molecule has 0 saturated carbocycles.